The van der Waals surface area contributed by atoms with E-state index in [-0.39, 0.29) is 0 Å². The average molecular weight is 124 g/mol. The topological polar surface area (TPSA) is 24.8 Å². The molecule has 0 aromatic heterocycles. The van der Waals surface area contributed by atoms with Gasteiger partial charge in [0, 0.05) is 19.3 Å². The van der Waals surface area contributed by atoms with E-state index in [1.54, 1.807) is 24.3 Å². The molecule has 1 rings (SSSR count). The van der Waals surface area contributed by atoms with Crippen molar-refractivity contribution in [2.75, 3.05) is 14.2 Å². The van der Waals surface area contributed by atoms with E-state index in [0.29, 0.717) is 0 Å². The summed E-state index contributed by atoms with van der Waals surface area (Å²) >= 11 is 0. The standard InChI is InChI=1S/C6H8N2O/c1-8-5-7-4-3-6(8)9-2/h3-4H,1-2H3. The first-order valence-corrected chi connectivity index (χ1v) is 2.61. The zero-order chi connectivity index (χ0) is 6.69. The highest BCUT2D eigenvalue weighted by Gasteiger charge is 2.05. The molecule has 0 spiro atoms. The second-order valence-electron chi connectivity index (χ2n) is 1.65. The summed E-state index contributed by atoms with van der Waals surface area (Å²) < 4.78 is 4.94. The fourth-order valence-corrected chi connectivity index (χ4v) is 0.587. The minimum atomic E-state index is 0.755. The lowest BCUT2D eigenvalue weighted by Gasteiger charge is -2.18. The van der Waals surface area contributed by atoms with E-state index in [1.165, 1.54) is 0 Å². The van der Waals surface area contributed by atoms with Crippen LogP contribution in [0, 0.1) is 6.67 Å². The monoisotopic (exact) mass is 124 g/mol. The van der Waals surface area contributed by atoms with Crippen molar-refractivity contribution in [1.82, 2.24) is 4.90 Å². The smallest absolute Gasteiger partial charge is 0.231 e. The highest BCUT2D eigenvalue weighted by molar-refractivity contribution is 5.72. The summed E-state index contributed by atoms with van der Waals surface area (Å²) in [7, 11) is 3.44. The Morgan fingerprint density at radius 1 is 1.78 bits per heavy atom. The minimum Gasteiger partial charge on any atom is -0.482 e. The zero-order valence-corrected chi connectivity index (χ0v) is 5.46. The Kier molecular flexibility index (Phi) is 1.72. The zero-order valence-electron chi connectivity index (χ0n) is 5.46. The van der Waals surface area contributed by atoms with Gasteiger partial charge in [-0.25, -0.2) is 0 Å². The summed E-state index contributed by atoms with van der Waals surface area (Å²) in [5, 5.41) is 0. The van der Waals surface area contributed by atoms with Crippen molar-refractivity contribution < 1.29 is 4.74 Å². The van der Waals surface area contributed by atoms with Gasteiger partial charge in [0.25, 0.3) is 0 Å². The lowest BCUT2D eigenvalue weighted by atomic mass is 10.5. The highest BCUT2D eigenvalue weighted by atomic mass is 16.5. The quantitative estimate of drug-likeness (QED) is 0.508. The van der Waals surface area contributed by atoms with Gasteiger partial charge in [0.2, 0.25) is 6.67 Å². The molecule has 0 amide bonds. The summed E-state index contributed by atoms with van der Waals surface area (Å²) in [6, 6.07) is 0. The van der Waals surface area contributed by atoms with Crippen molar-refractivity contribution in [3.05, 3.63) is 18.6 Å². The van der Waals surface area contributed by atoms with Crippen molar-refractivity contribution in [2.45, 2.75) is 0 Å². The van der Waals surface area contributed by atoms with Crippen molar-refractivity contribution >= 4 is 6.21 Å². The Morgan fingerprint density at radius 2 is 2.56 bits per heavy atom. The molecule has 0 fully saturated rings. The largest absolute Gasteiger partial charge is 0.482 e. The van der Waals surface area contributed by atoms with Gasteiger partial charge in [-0.2, -0.15) is 0 Å². The Labute approximate surface area is 54.6 Å². The van der Waals surface area contributed by atoms with Crippen LogP contribution in [0.4, 0.5) is 0 Å². The number of rotatable bonds is 1. The maximum Gasteiger partial charge on any atom is 0.231 e. The molecule has 0 unspecified atom stereocenters. The molecule has 48 valence electrons. The Morgan fingerprint density at radius 3 is 3.00 bits per heavy atom. The Balaban J connectivity index is 2.63. The average Bonchev–Trinajstić information content (AvgIpc) is 1.89. The first kappa shape index (κ1) is 6.13. The third-order valence-corrected chi connectivity index (χ3v) is 1.04. The van der Waals surface area contributed by atoms with Crippen LogP contribution < -0.4 is 0 Å². The molecule has 1 aliphatic rings. The molecule has 0 N–H and O–H groups in total. The van der Waals surface area contributed by atoms with E-state index >= 15 is 0 Å². The van der Waals surface area contributed by atoms with Crippen LogP contribution >= 0.6 is 0 Å². The first-order chi connectivity index (χ1) is 4.34. The van der Waals surface area contributed by atoms with Crippen LogP contribution in [0.3, 0.4) is 0 Å². The molecule has 0 aliphatic carbocycles. The second kappa shape index (κ2) is 2.53. The van der Waals surface area contributed by atoms with E-state index in [0.717, 1.165) is 5.88 Å². The SMILES string of the molecule is COC1=CC=N[C]N1C. The van der Waals surface area contributed by atoms with Crippen LogP contribution in [0.1, 0.15) is 0 Å². The molecule has 1 aliphatic heterocycles. The van der Waals surface area contributed by atoms with Crippen molar-refractivity contribution in [2.24, 2.45) is 4.99 Å². The molecular weight excluding hydrogens is 116 g/mol. The third kappa shape index (κ3) is 1.22. The number of allylic oxidation sites excluding steroid dienone is 1. The lowest BCUT2D eigenvalue weighted by molar-refractivity contribution is 0.193. The Hall–Kier alpha value is -0.990. The molecule has 9 heavy (non-hydrogen) atoms. The van der Waals surface area contributed by atoms with E-state index in [4.69, 9.17) is 4.74 Å². The predicted molar refractivity (Wildman–Crippen MR) is 34.6 cm³/mol. The van der Waals surface area contributed by atoms with Gasteiger partial charge in [0.05, 0.1) is 7.11 Å². The molecule has 0 atom stereocenters. The normalized spacial score (nSPS) is 17.6. The van der Waals surface area contributed by atoms with Crippen LogP contribution in [-0.4, -0.2) is 25.3 Å². The highest BCUT2D eigenvalue weighted by Crippen LogP contribution is 2.06. The first-order valence-electron chi connectivity index (χ1n) is 2.61. The maximum absolute atomic E-state index is 4.94. The fraction of sp³-hybridized carbons (Fsp3) is 0.333. The van der Waals surface area contributed by atoms with E-state index in [2.05, 4.69) is 11.7 Å². The molecule has 0 saturated heterocycles. The van der Waals surface area contributed by atoms with Crippen molar-refractivity contribution in [3.8, 4) is 0 Å². The number of nitrogens with zero attached hydrogens (tertiary/aromatic N) is 2. The molecule has 3 heteroatoms. The molecule has 2 radical (unpaired) electrons. The molecule has 1 heterocycles. The number of aliphatic imine (C=N–C) groups is 1. The predicted octanol–water partition coefficient (Wildman–Crippen LogP) is 0.487. The van der Waals surface area contributed by atoms with Crippen LogP contribution in [0.15, 0.2) is 17.0 Å². The summed E-state index contributed by atoms with van der Waals surface area (Å²) in [6.07, 6.45) is 3.41. The van der Waals surface area contributed by atoms with Crippen molar-refractivity contribution in [1.29, 1.82) is 0 Å². The van der Waals surface area contributed by atoms with E-state index < -0.39 is 0 Å². The number of hydrogen-bond donors (Lipinski definition) is 0. The fourth-order valence-electron chi connectivity index (χ4n) is 0.587. The molecule has 0 aromatic rings. The van der Waals surface area contributed by atoms with Crippen molar-refractivity contribution in [3.63, 3.8) is 0 Å². The maximum atomic E-state index is 4.94. The number of ether oxygens (including phenoxy) is 1. The summed E-state index contributed by atoms with van der Waals surface area (Å²) in [5.74, 6) is 0.755. The number of hydrogen-bond acceptors (Lipinski definition) is 3. The van der Waals surface area contributed by atoms with Gasteiger partial charge in [-0.15, -0.1) is 0 Å². The summed E-state index contributed by atoms with van der Waals surface area (Å²) in [4.78, 5) is 5.43. The molecular formula is C6H8N2O. The van der Waals surface area contributed by atoms with Crippen LogP contribution in [-0.2, 0) is 4.74 Å². The minimum absolute atomic E-state index is 0.755. The van der Waals surface area contributed by atoms with Crippen LogP contribution in [0.2, 0.25) is 0 Å². The van der Waals surface area contributed by atoms with Gasteiger partial charge in [0.15, 0.2) is 5.88 Å². The van der Waals surface area contributed by atoms with Gasteiger partial charge in [-0.1, -0.05) is 0 Å². The van der Waals surface area contributed by atoms with Gasteiger partial charge >= 0.3 is 0 Å². The molecule has 0 bridgehead atoms. The second-order valence-corrected chi connectivity index (χ2v) is 1.65. The van der Waals surface area contributed by atoms with E-state index in [1.807, 2.05) is 7.05 Å². The summed E-state index contributed by atoms with van der Waals surface area (Å²) in [5.41, 5.74) is 0. The lowest BCUT2D eigenvalue weighted by Crippen LogP contribution is -2.17. The van der Waals surface area contributed by atoms with Gasteiger partial charge in [0.1, 0.15) is 0 Å². The van der Waals surface area contributed by atoms with Gasteiger partial charge in [-0.3, -0.25) is 4.99 Å². The molecule has 0 saturated carbocycles. The molecule has 3 nitrogen and oxygen atoms in total. The Bertz CT molecular complexity index is 151. The molecule has 0 aromatic carbocycles. The van der Waals surface area contributed by atoms with Gasteiger partial charge < -0.3 is 9.64 Å². The third-order valence-electron chi connectivity index (χ3n) is 1.04. The summed E-state index contributed by atoms with van der Waals surface area (Å²) in [6.45, 7) is 2.69. The van der Waals surface area contributed by atoms with E-state index in [9.17, 15) is 0 Å². The van der Waals surface area contributed by atoms with Crippen LogP contribution in [0.5, 0.6) is 0 Å². The number of methoxy groups -OCH3 is 1. The van der Waals surface area contributed by atoms with Crippen LogP contribution in [0.25, 0.3) is 0 Å². The van der Waals surface area contributed by atoms with Gasteiger partial charge in [-0.05, 0) is 0 Å².